The number of carbonyl (C=O) groups excluding carboxylic acids is 2. The molecule has 8 nitrogen and oxygen atoms in total. The predicted octanol–water partition coefficient (Wildman–Crippen LogP) is 2.14. The van der Waals surface area contributed by atoms with Crippen molar-refractivity contribution in [2.45, 2.75) is 24.9 Å². The largest absolute Gasteiger partial charge is 0.462 e. The average Bonchev–Trinajstić information content (AvgIpc) is 3.06. The zero-order valence-electron chi connectivity index (χ0n) is 13.5. The summed E-state index contributed by atoms with van der Waals surface area (Å²) in [6, 6.07) is 8.57. The van der Waals surface area contributed by atoms with Crippen LogP contribution in [0.2, 0.25) is 0 Å². The molecule has 0 spiro atoms. The first-order chi connectivity index (χ1) is 11.8. The molecule has 3 N–H and O–H groups in total. The molecule has 0 aliphatic heterocycles. The Morgan fingerprint density at radius 2 is 1.92 bits per heavy atom. The number of rotatable bonds is 7. The molecule has 0 radical (unpaired) electrons. The van der Waals surface area contributed by atoms with Crippen LogP contribution in [0.4, 0.5) is 5.69 Å². The average molecular weight is 366 g/mol. The zero-order chi connectivity index (χ0) is 18.4. The summed E-state index contributed by atoms with van der Waals surface area (Å²) < 4.78 is 32.4. The number of nitrogens with one attached hydrogen (secondary N) is 1. The van der Waals surface area contributed by atoms with E-state index in [1.165, 1.54) is 18.2 Å². The number of carbonyl (C=O) groups is 2. The summed E-state index contributed by atoms with van der Waals surface area (Å²) in [5.74, 6) is -1.53. The number of amides is 1. The lowest BCUT2D eigenvalue weighted by atomic mass is 10.1. The summed E-state index contributed by atoms with van der Waals surface area (Å²) >= 11 is 0. The molecule has 25 heavy (non-hydrogen) atoms. The molecule has 2 rings (SSSR count). The van der Waals surface area contributed by atoms with Gasteiger partial charge in [0.05, 0.1) is 17.9 Å². The van der Waals surface area contributed by atoms with Gasteiger partial charge in [0.25, 0.3) is 15.9 Å². The summed E-state index contributed by atoms with van der Waals surface area (Å²) in [4.78, 5) is 24.3. The van der Waals surface area contributed by atoms with Crippen molar-refractivity contribution in [3.8, 4) is 0 Å². The van der Waals surface area contributed by atoms with Crippen LogP contribution < -0.4 is 10.5 Å². The topological polar surface area (TPSA) is 129 Å². The van der Waals surface area contributed by atoms with Gasteiger partial charge in [0.15, 0.2) is 5.76 Å². The number of esters is 1. The minimum absolute atomic E-state index is 0.185. The number of furan rings is 1. The quantitative estimate of drug-likeness (QED) is 0.570. The van der Waals surface area contributed by atoms with E-state index in [0.29, 0.717) is 0 Å². The molecular formula is C16H18N2O6S. The zero-order valence-corrected chi connectivity index (χ0v) is 14.3. The van der Waals surface area contributed by atoms with Crippen molar-refractivity contribution in [3.63, 3.8) is 0 Å². The third kappa shape index (κ3) is 4.91. The number of unbranched alkanes of at least 4 members (excludes halogenated alkanes) is 1. The van der Waals surface area contributed by atoms with Crippen molar-refractivity contribution < 1.29 is 27.2 Å². The first-order valence-corrected chi connectivity index (χ1v) is 9.07. The van der Waals surface area contributed by atoms with Gasteiger partial charge >= 0.3 is 5.97 Å². The molecule has 0 aliphatic carbocycles. The first-order valence-electron chi connectivity index (χ1n) is 7.53. The number of sulfonamides is 1. The third-order valence-electron chi connectivity index (χ3n) is 3.21. The molecule has 0 bridgehead atoms. The Balaban J connectivity index is 2.16. The second-order valence-electron chi connectivity index (χ2n) is 5.15. The van der Waals surface area contributed by atoms with Gasteiger partial charge in [0.1, 0.15) is 0 Å². The molecule has 0 fully saturated rings. The molecule has 0 saturated carbocycles. The van der Waals surface area contributed by atoms with E-state index in [9.17, 15) is 18.0 Å². The molecule has 2 aromatic rings. The van der Waals surface area contributed by atoms with Crippen molar-refractivity contribution in [2.75, 3.05) is 11.9 Å². The molecular weight excluding hydrogens is 348 g/mol. The Morgan fingerprint density at radius 3 is 2.56 bits per heavy atom. The smallest absolute Gasteiger partial charge is 0.340 e. The van der Waals surface area contributed by atoms with Gasteiger partial charge in [0.2, 0.25) is 5.09 Å². The minimum atomic E-state index is -4.04. The molecule has 0 atom stereocenters. The Bertz CT molecular complexity index is 872. The molecule has 134 valence electrons. The molecule has 0 saturated heterocycles. The fourth-order valence-electron chi connectivity index (χ4n) is 1.94. The maximum atomic E-state index is 12.2. The van der Waals surface area contributed by atoms with E-state index in [1.807, 2.05) is 6.92 Å². The number of para-hydroxylation sites is 1. The summed E-state index contributed by atoms with van der Waals surface area (Å²) in [5, 5.41) is 6.90. The predicted molar refractivity (Wildman–Crippen MR) is 89.7 cm³/mol. The Morgan fingerprint density at radius 1 is 1.20 bits per heavy atom. The molecule has 9 heteroatoms. The minimum Gasteiger partial charge on any atom is -0.462 e. The lowest BCUT2D eigenvalue weighted by Crippen LogP contribution is -2.16. The van der Waals surface area contributed by atoms with Crippen LogP contribution in [0.15, 0.2) is 45.9 Å². The maximum Gasteiger partial charge on any atom is 0.340 e. The van der Waals surface area contributed by atoms with Crippen molar-refractivity contribution in [1.82, 2.24) is 0 Å². The van der Waals surface area contributed by atoms with Crippen LogP contribution in [-0.2, 0) is 14.8 Å². The summed E-state index contributed by atoms with van der Waals surface area (Å²) in [5.41, 5.74) is 0.410. The van der Waals surface area contributed by atoms with E-state index in [2.05, 4.69) is 5.32 Å². The van der Waals surface area contributed by atoms with Crippen LogP contribution in [0, 0.1) is 0 Å². The summed E-state index contributed by atoms with van der Waals surface area (Å²) in [6.45, 7) is 2.26. The number of anilines is 1. The van der Waals surface area contributed by atoms with Gasteiger partial charge < -0.3 is 14.5 Å². The van der Waals surface area contributed by atoms with Crippen LogP contribution in [0.5, 0.6) is 0 Å². The number of hydrogen-bond donors (Lipinski definition) is 2. The molecule has 1 aromatic carbocycles. The van der Waals surface area contributed by atoms with Crippen LogP contribution in [0.3, 0.4) is 0 Å². The van der Waals surface area contributed by atoms with E-state index in [-0.39, 0.29) is 23.6 Å². The Labute approximate surface area is 145 Å². The highest BCUT2D eigenvalue weighted by atomic mass is 32.2. The Hall–Kier alpha value is -2.65. The van der Waals surface area contributed by atoms with Gasteiger partial charge in [-0.25, -0.2) is 18.4 Å². The van der Waals surface area contributed by atoms with Gasteiger partial charge in [-0.3, -0.25) is 4.79 Å². The number of primary sulfonamides is 1. The molecule has 1 aromatic heterocycles. The molecule has 1 heterocycles. The fraction of sp³-hybridized carbons (Fsp3) is 0.250. The van der Waals surface area contributed by atoms with Gasteiger partial charge in [0, 0.05) is 0 Å². The summed E-state index contributed by atoms with van der Waals surface area (Å²) in [7, 11) is -4.04. The van der Waals surface area contributed by atoms with Gasteiger partial charge in [-0.2, -0.15) is 0 Å². The van der Waals surface area contributed by atoms with Crippen molar-refractivity contribution >= 4 is 27.6 Å². The van der Waals surface area contributed by atoms with Gasteiger partial charge in [-0.05, 0) is 30.7 Å². The second kappa shape index (κ2) is 7.95. The third-order valence-corrected chi connectivity index (χ3v) is 3.99. The normalized spacial score (nSPS) is 11.1. The number of ether oxygens (including phenoxy) is 1. The van der Waals surface area contributed by atoms with Crippen LogP contribution >= 0.6 is 0 Å². The standard InChI is InChI=1S/C16H18N2O6S/c1-2-3-10-23-16(20)11-6-4-5-7-12(11)18-15(19)13-8-9-14(24-13)25(17,21)22/h4-9H,2-3,10H2,1H3,(H,18,19)(H2,17,21,22). The van der Waals surface area contributed by atoms with Gasteiger partial charge in [-0.1, -0.05) is 25.5 Å². The Kier molecular flexibility index (Phi) is 5.94. The van der Waals surface area contributed by atoms with Crippen LogP contribution in [-0.4, -0.2) is 26.9 Å². The van der Waals surface area contributed by atoms with Crippen molar-refractivity contribution in [2.24, 2.45) is 5.14 Å². The first kappa shape index (κ1) is 18.7. The second-order valence-corrected chi connectivity index (χ2v) is 6.65. The SMILES string of the molecule is CCCCOC(=O)c1ccccc1NC(=O)c1ccc(S(N)(=O)=O)o1. The van der Waals surface area contributed by atoms with Crippen LogP contribution in [0.25, 0.3) is 0 Å². The van der Waals surface area contributed by atoms with E-state index in [0.717, 1.165) is 18.9 Å². The number of hydrogen-bond acceptors (Lipinski definition) is 6. The van der Waals surface area contributed by atoms with E-state index in [4.69, 9.17) is 14.3 Å². The maximum absolute atomic E-state index is 12.2. The summed E-state index contributed by atoms with van der Waals surface area (Å²) in [6.07, 6.45) is 1.62. The highest BCUT2D eigenvalue weighted by molar-refractivity contribution is 7.89. The highest BCUT2D eigenvalue weighted by Gasteiger charge is 2.20. The van der Waals surface area contributed by atoms with E-state index < -0.39 is 27.0 Å². The van der Waals surface area contributed by atoms with Crippen molar-refractivity contribution in [3.05, 3.63) is 47.7 Å². The molecule has 0 unspecified atom stereocenters. The monoisotopic (exact) mass is 366 g/mol. The highest BCUT2D eigenvalue weighted by Crippen LogP contribution is 2.19. The molecule has 1 amide bonds. The van der Waals surface area contributed by atoms with Crippen molar-refractivity contribution in [1.29, 1.82) is 0 Å². The fourth-order valence-corrected chi connectivity index (χ4v) is 2.40. The number of nitrogens with two attached hydrogens (primary N) is 1. The van der Waals surface area contributed by atoms with E-state index in [1.54, 1.807) is 12.1 Å². The molecule has 0 aliphatic rings. The lowest BCUT2D eigenvalue weighted by Gasteiger charge is -2.10. The number of benzene rings is 1. The lowest BCUT2D eigenvalue weighted by molar-refractivity contribution is 0.0501. The van der Waals surface area contributed by atoms with Crippen LogP contribution in [0.1, 0.15) is 40.7 Å². The van der Waals surface area contributed by atoms with Gasteiger partial charge in [-0.15, -0.1) is 0 Å². The van der Waals surface area contributed by atoms with E-state index >= 15 is 0 Å².